The number of methoxy groups -OCH3 is 2. The lowest BCUT2D eigenvalue weighted by Crippen LogP contribution is -2.13. The molecule has 0 atom stereocenters. The van der Waals surface area contributed by atoms with E-state index in [-0.39, 0.29) is 10.6 Å². The highest BCUT2D eigenvalue weighted by Crippen LogP contribution is 2.29. The van der Waals surface area contributed by atoms with Crippen LogP contribution in [0.15, 0.2) is 35.5 Å². The minimum atomic E-state index is -3.74. The zero-order valence-corrected chi connectivity index (χ0v) is 11.2. The number of hydrogen-bond acceptors (Lipinski definition) is 5. The first kappa shape index (κ1) is 13.2. The quantitative estimate of drug-likeness (QED) is 0.860. The van der Waals surface area contributed by atoms with Crippen molar-refractivity contribution >= 4 is 15.7 Å². The van der Waals surface area contributed by atoms with Crippen LogP contribution in [0.2, 0.25) is 0 Å². The molecular formula is C11H13N3O4S. The highest BCUT2D eigenvalue weighted by atomic mass is 32.2. The van der Waals surface area contributed by atoms with Crippen LogP contribution in [0.25, 0.3) is 0 Å². The second kappa shape index (κ2) is 5.19. The summed E-state index contributed by atoms with van der Waals surface area (Å²) in [7, 11) is -0.854. The summed E-state index contributed by atoms with van der Waals surface area (Å²) in [6.07, 6.45) is 2.81. The van der Waals surface area contributed by atoms with E-state index in [0.717, 1.165) is 0 Å². The van der Waals surface area contributed by atoms with Gasteiger partial charge in [-0.1, -0.05) is 0 Å². The summed E-state index contributed by atoms with van der Waals surface area (Å²) in [4.78, 5) is 0.0250. The lowest BCUT2D eigenvalue weighted by molar-refractivity contribution is 0.386. The Labute approximate surface area is 110 Å². The van der Waals surface area contributed by atoms with Crippen molar-refractivity contribution in [1.82, 2.24) is 10.2 Å². The molecule has 0 radical (unpaired) electrons. The Kier molecular flexibility index (Phi) is 3.61. The van der Waals surface area contributed by atoms with E-state index in [0.29, 0.717) is 11.4 Å². The van der Waals surface area contributed by atoms with Gasteiger partial charge in [0.15, 0.2) is 0 Å². The topological polar surface area (TPSA) is 93.3 Å². The maximum Gasteiger partial charge on any atom is 0.265 e. The summed E-state index contributed by atoms with van der Waals surface area (Å²) in [6, 6.07) is 4.47. The van der Waals surface area contributed by atoms with Crippen molar-refractivity contribution < 1.29 is 17.9 Å². The van der Waals surface area contributed by atoms with E-state index in [1.54, 1.807) is 6.07 Å². The van der Waals surface area contributed by atoms with Crippen LogP contribution in [0, 0.1) is 0 Å². The van der Waals surface area contributed by atoms with Crippen molar-refractivity contribution in [3.8, 4) is 11.5 Å². The number of sulfonamides is 1. The van der Waals surface area contributed by atoms with Gasteiger partial charge in [-0.3, -0.25) is 9.82 Å². The molecule has 102 valence electrons. The van der Waals surface area contributed by atoms with Gasteiger partial charge in [-0.05, 0) is 12.1 Å². The molecule has 0 amide bonds. The molecule has 8 heteroatoms. The summed E-state index contributed by atoms with van der Waals surface area (Å²) in [5.41, 5.74) is 0.345. The van der Waals surface area contributed by atoms with Crippen LogP contribution in [0.4, 0.5) is 5.69 Å². The number of nitrogens with zero attached hydrogens (tertiary/aromatic N) is 1. The zero-order chi connectivity index (χ0) is 13.9. The van der Waals surface area contributed by atoms with Crippen molar-refractivity contribution in [1.29, 1.82) is 0 Å². The van der Waals surface area contributed by atoms with E-state index in [9.17, 15) is 8.42 Å². The fourth-order valence-electron chi connectivity index (χ4n) is 1.51. The highest BCUT2D eigenvalue weighted by molar-refractivity contribution is 7.92. The van der Waals surface area contributed by atoms with Crippen molar-refractivity contribution in [3.63, 3.8) is 0 Å². The summed E-state index contributed by atoms with van der Waals surface area (Å²) in [5.74, 6) is 0.717. The van der Waals surface area contributed by atoms with E-state index in [1.807, 2.05) is 0 Å². The Morgan fingerprint density at radius 3 is 2.63 bits per heavy atom. The Balaban J connectivity index is 2.40. The van der Waals surface area contributed by atoms with Crippen LogP contribution in [0.5, 0.6) is 11.5 Å². The van der Waals surface area contributed by atoms with Gasteiger partial charge in [-0.15, -0.1) is 0 Å². The number of ether oxygens (including phenoxy) is 2. The third-order valence-electron chi connectivity index (χ3n) is 2.41. The maximum absolute atomic E-state index is 12.2. The van der Waals surface area contributed by atoms with E-state index in [4.69, 9.17) is 9.47 Å². The predicted octanol–water partition coefficient (Wildman–Crippen LogP) is 1.23. The number of rotatable bonds is 5. The summed E-state index contributed by atoms with van der Waals surface area (Å²) >= 11 is 0. The second-order valence-corrected chi connectivity index (χ2v) is 5.26. The van der Waals surface area contributed by atoms with Crippen LogP contribution in [0.1, 0.15) is 0 Å². The van der Waals surface area contributed by atoms with Crippen LogP contribution in [-0.2, 0) is 10.0 Å². The van der Waals surface area contributed by atoms with E-state index >= 15 is 0 Å². The molecule has 0 saturated heterocycles. The molecule has 0 aliphatic carbocycles. The minimum Gasteiger partial charge on any atom is -0.497 e. The van der Waals surface area contributed by atoms with Gasteiger partial charge in [0.05, 0.1) is 26.1 Å². The number of hydrogen-bond donors (Lipinski definition) is 2. The Hall–Kier alpha value is -2.22. The molecular weight excluding hydrogens is 270 g/mol. The lowest BCUT2D eigenvalue weighted by Gasteiger charge is -2.11. The van der Waals surface area contributed by atoms with Gasteiger partial charge in [0.2, 0.25) is 0 Å². The molecule has 1 aromatic carbocycles. The number of benzene rings is 1. The van der Waals surface area contributed by atoms with E-state index < -0.39 is 10.0 Å². The summed E-state index contributed by atoms with van der Waals surface area (Å²) in [6.45, 7) is 0. The first-order chi connectivity index (χ1) is 9.06. The van der Waals surface area contributed by atoms with Crippen molar-refractivity contribution in [2.24, 2.45) is 0 Å². The average molecular weight is 283 g/mol. The molecule has 1 heterocycles. The van der Waals surface area contributed by atoms with Crippen LogP contribution in [-0.4, -0.2) is 32.8 Å². The first-order valence-corrected chi connectivity index (χ1v) is 6.79. The van der Waals surface area contributed by atoms with Crippen LogP contribution >= 0.6 is 0 Å². The summed E-state index contributed by atoms with van der Waals surface area (Å²) in [5, 5.41) is 6.19. The smallest absolute Gasteiger partial charge is 0.265 e. The fourth-order valence-corrected chi connectivity index (χ4v) is 2.70. The maximum atomic E-state index is 12.2. The predicted molar refractivity (Wildman–Crippen MR) is 68.9 cm³/mol. The largest absolute Gasteiger partial charge is 0.497 e. The Morgan fingerprint density at radius 1 is 1.26 bits per heavy atom. The van der Waals surface area contributed by atoms with E-state index in [2.05, 4.69) is 14.9 Å². The molecule has 0 saturated carbocycles. The van der Waals surface area contributed by atoms with Gasteiger partial charge < -0.3 is 9.47 Å². The molecule has 2 N–H and O–H groups in total. The van der Waals surface area contributed by atoms with Gasteiger partial charge in [0.1, 0.15) is 16.4 Å². The third-order valence-corrected chi connectivity index (χ3v) is 3.83. The van der Waals surface area contributed by atoms with Gasteiger partial charge in [-0.2, -0.15) is 5.10 Å². The molecule has 19 heavy (non-hydrogen) atoms. The number of aromatic amines is 1. The van der Waals surface area contributed by atoms with Gasteiger partial charge >= 0.3 is 0 Å². The zero-order valence-electron chi connectivity index (χ0n) is 10.4. The number of anilines is 1. The normalized spacial score (nSPS) is 11.1. The van der Waals surface area contributed by atoms with Crippen LogP contribution < -0.4 is 14.2 Å². The molecule has 2 aromatic rings. The molecule has 0 aliphatic heterocycles. The monoisotopic (exact) mass is 283 g/mol. The molecule has 7 nitrogen and oxygen atoms in total. The molecule has 1 aromatic heterocycles. The van der Waals surface area contributed by atoms with Crippen molar-refractivity contribution in [2.75, 3.05) is 18.9 Å². The van der Waals surface area contributed by atoms with Gasteiger partial charge in [-0.25, -0.2) is 8.42 Å². The number of aromatic nitrogens is 2. The van der Waals surface area contributed by atoms with Crippen molar-refractivity contribution in [2.45, 2.75) is 4.90 Å². The Bertz CT molecular complexity index is 653. The molecule has 0 spiro atoms. The molecule has 2 rings (SSSR count). The minimum absolute atomic E-state index is 0.0250. The van der Waals surface area contributed by atoms with Crippen molar-refractivity contribution in [3.05, 3.63) is 30.6 Å². The Morgan fingerprint density at radius 2 is 2.05 bits per heavy atom. The molecule has 0 aliphatic rings. The number of H-pyrrole nitrogens is 1. The first-order valence-electron chi connectivity index (χ1n) is 5.30. The second-order valence-electron chi connectivity index (χ2n) is 3.61. The lowest BCUT2D eigenvalue weighted by atomic mass is 10.3. The van der Waals surface area contributed by atoms with Crippen LogP contribution in [0.3, 0.4) is 0 Å². The fraction of sp³-hybridized carbons (Fsp3) is 0.182. The molecule has 0 fully saturated rings. The standard InChI is InChI=1S/C11H13N3O4S/c1-17-9-3-4-11(10(5-9)18-2)19(15,16)14-8-6-12-13-7-8/h3-7,14H,1-2H3,(H,12,13). The highest BCUT2D eigenvalue weighted by Gasteiger charge is 2.20. The average Bonchev–Trinajstić information content (AvgIpc) is 2.89. The van der Waals surface area contributed by atoms with Gasteiger partial charge in [0, 0.05) is 12.3 Å². The molecule has 0 bridgehead atoms. The molecule has 0 unspecified atom stereocenters. The SMILES string of the molecule is COc1ccc(S(=O)(=O)Nc2cn[nH]c2)c(OC)c1. The van der Waals surface area contributed by atoms with E-state index in [1.165, 1.54) is 38.7 Å². The third kappa shape index (κ3) is 2.79. The van der Waals surface area contributed by atoms with Gasteiger partial charge in [0.25, 0.3) is 10.0 Å². The number of nitrogens with one attached hydrogen (secondary N) is 2. The summed E-state index contributed by atoms with van der Waals surface area (Å²) < 4.78 is 36.9.